The first-order chi connectivity index (χ1) is 2.41. The molecule has 0 aromatic rings. The van der Waals surface area contributed by atoms with Gasteiger partial charge in [-0.1, -0.05) is 22.4 Å². The summed E-state index contributed by atoms with van der Waals surface area (Å²) in [5.41, 5.74) is 0. The average molecular weight is 151 g/mol. The highest BCUT2D eigenvalue weighted by Gasteiger charge is 1.70. The van der Waals surface area contributed by atoms with E-state index in [1.807, 2.05) is 0 Å². The van der Waals surface area contributed by atoms with Crippen molar-refractivity contribution in [2.24, 2.45) is 0 Å². The van der Waals surface area contributed by atoms with Crippen molar-refractivity contribution in [2.75, 3.05) is 5.33 Å². The van der Waals surface area contributed by atoms with E-state index in [0.717, 1.165) is 0 Å². The van der Waals surface area contributed by atoms with Crippen LogP contribution in [0.3, 0.4) is 0 Å². The van der Waals surface area contributed by atoms with Crippen molar-refractivity contribution >= 4 is 32.2 Å². The van der Waals surface area contributed by atoms with Gasteiger partial charge in [-0.3, -0.25) is 0 Å². The van der Waals surface area contributed by atoms with E-state index in [9.17, 15) is 0 Å². The minimum Gasteiger partial charge on any atom is -0.100 e. The second kappa shape index (κ2) is 5.01. The van der Waals surface area contributed by atoms with Gasteiger partial charge in [-0.05, 0) is 0 Å². The summed E-state index contributed by atoms with van der Waals surface area (Å²) in [5.74, 6) is 0. The lowest BCUT2D eigenvalue weighted by molar-refractivity contribution is 1.11. The van der Waals surface area contributed by atoms with Gasteiger partial charge in [-0.2, -0.15) is 0 Å². The Morgan fingerprint density at radius 3 is 2.20 bits per heavy atom. The van der Waals surface area contributed by atoms with Gasteiger partial charge < -0.3 is 0 Å². The molecule has 0 amide bonds. The lowest BCUT2D eigenvalue weighted by Crippen LogP contribution is -1.68. The highest BCUT2D eigenvalue weighted by molar-refractivity contribution is 9.09. The Bertz CT molecular complexity index is 14.4. The van der Waals surface area contributed by atoms with Crippen molar-refractivity contribution in [3.63, 3.8) is 0 Å². The maximum Gasteiger partial charge on any atom is 0.211 e. The first-order valence-electron chi connectivity index (χ1n) is 1.97. The Kier molecular flexibility index (Phi) is 6.03. The summed E-state index contributed by atoms with van der Waals surface area (Å²) in [5, 5.41) is 2.63. The molecule has 0 aliphatic rings. The van der Waals surface area contributed by atoms with E-state index in [4.69, 9.17) is 0 Å². The highest BCUT2D eigenvalue weighted by atomic mass is 79.9. The van der Waals surface area contributed by atoms with Crippen LogP contribution in [0.15, 0.2) is 0 Å². The Morgan fingerprint density at radius 1 is 1.60 bits per heavy atom. The van der Waals surface area contributed by atoms with Gasteiger partial charge in [0.1, 0.15) is 0 Å². The number of alkyl halides is 1. The molecule has 0 saturated carbocycles. The number of hydrogen-bond acceptors (Lipinski definition) is 0. The summed E-state index contributed by atoms with van der Waals surface area (Å²) in [6, 6.07) is 0. The SMILES string of the molecule is [AlH2][CH2]CCBr. The van der Waals surface area contributed by atoms with Crippen LogP contribution in [0.4, 0.5) is 0 Å². The molecule has 0 aliphatic heterocycles. The molecule has 0 rings (SSSR count). The van der Waals surface area contributed by atoms with Crippen LogP contribution in [0.2, 0.25) is 5.28 Å². The Balaban J connectivity index is 2.19. The molecule has 0 aromatic carbocycles. The van der Waals surface area contributed by atoms with Crippen molar-refractivity contribution in [3.8, 4) is 0 Å². The molecule has 0 atom stereocenters. The summed E-state index contributed by atoms with van der Waals surface area (Å²) in [6.45, 7) is 0. The molecule has 0 heterocycles. The molecule has 5 heavy (non-hydrogen) atoms. The molecule has 0 unspecified atom stereocenters. The van der Waals surface area contributed by atoms with Crippen LogP contribution in [0.25, 0.3) is 0 Å². The zero-order valence-electron chi connectivity index (χ0n) is 3.50. The summed E-state index contributed by atoms with van der Waals surface area (Å²) >= 11 is 4.70. The zero-order chi connectivity index (χ0) is 4.12. The van der Waals surface area contributed by atoms with Gasteiger partial charge in [0, 0.05) is 5.33 Å². The predicted molar refractivity (Wildman–Crippen MR) is 31.8 cm³/mol. The number of rotatable bonds is 2. The third kappa shape index (κ3) is 5.01. The Labute approximate surface area is 49.5 Å². The van der Waals surface area contributed by atoms with E-state index in [0.29, 0.717) is 0 Å². The van der Waals surface area contributed by atoms with Crippen molar-refractivity contribution in [1.82, 2.24) is 0 Å². The maximum atomic E-state index is 3.33. The monoisotopic (exact) mass is 150 g/mol. The number of halogens is 1. The van der Waals surface area contributed by atoms with Crippen LogP contribution in [0.5, 0.6) is 0 Å². The molecule has 0 N–H and O–H groups in total. The topological polar surface area (TPSA) is 0 Å². The van der Waals surface area contributed by atoms with E-state index in [2.05, 4.69) is 15.9 Å². The quantitative estimate of drug-likeness (QED) is 0.405. The molecule has 0 aromatic heterocycles. The maximum absolute atomic E-state index is 3.33. The molecule has 0 spiro atoms. The van der Waals surface area contributed by atoms with Gasteiger partial charge in [0.25, 0.3) is 0 Å². The van der Waals surface area contributed by atoms with Crippen molar-refractivity contribution in [3.05, 3.63) is 0 Å². The smallest absolute Gasteiger partial charge is 0.100 e. The molecular weight excluding hydrogens is 143 g/mol. The van der Waals surface area contributed by atoms with Crippen molar-refractivity contribution < 1.29 is 0 Å². The Morgan fingerprint density at radius 2 is 2.20 bits per heavy atom. The lowest BCUT2D eigenvalue weighted by Gasteiger charge is -1.77. The normalized spacial score (nSPS) is 8.20. The predicted octanol–water partition coefficient (Wildman–Crippen LogP) is 0.823. The van der Waals surface area contributed by atoms with Crippen LogP contribution >= 0.6 is 15.9 Å². The third-order valence-electron chi connectivity index (χ3n) is 0.487. The van der Waals surface area contributed by atoms with Gasteiger partial charge in [0.05, 0.1) is 0 Å². The zero-order valence-corrected chi connectivity index (χ0v) is 7.09. The van der Waals surface area contributed by atoms with Gasteiger partial charge in [-0.25, -0.2) is 0 Å². The van der Waals surface area contributed by atoms with E-state index in [-0.39, 0.29) is 0 Å². The molecule has 0 nitrogen and oxygen atoms in total. The van der Waals surface area contributed by atoms with E-state index in [1.54, 1.807) is 0 Å². The van der Waals surface area contributed by atoms with Crippen LogP contribution in [0.1, 0.15) is 6.42 Å². The van der Waals surface area contributed by atoms with Gasteiger partial charge in [0.2, 0.25) is 16.3 Å². The third-order valence-corrected chi connectivity index (χ3v) is 1.76. The van der Waals surface area contributed by atoms with Crippen LogP contribution in [-0.4, -0.2) is 21.6 Å². The average Bonchev–Trinajstić information content (AvgIpc) is 1.41. The standard InChI is InChI=1S/C3H6Br.Al.2H/c1-2-3-4;;;/h1-3H2;;;. The minimum atomic E-state index is 1.19. The van der Waals surface area contributed by atoms with E-state index < -0.39 is 0 Å². The fourth-order valence-corrected chi connectivity index (χ4v) is 2.08. The fraction of sp³-hybridized carbons (Fsp3) is 1.00. The number of hydrogen-bond donors (Lipinski definition) is 0. The molecule has 0 radical (unpaired) electrons. The molecule has 0 bridgehead atoms. The second-order valence-corrected chi connectivity index (χ2v) is 2.84. The van der Waals surface area contributed by atoms with Crippen LogP contribution < -0.4 is 0 Å². The molecule has 2 heteroatoms. The summed E-state index contributed by atoms with van der Waals surface area (Å²) in [6.07, 6.45) is 1.37. The van der Waals surface area contributed by atoms with Crippen LogP contribution in [-0.2, 0) is 0 Å². The molecule has 0 aliphatic carbocycles. The molecule has 30 valence electrons. The summed E-state index contributed by atoms with van der Waals surface area (Å²) < 4.78 is 0. The van der Waals surface area contributed by atoms with Gasteiger partial charge >= 0.3 is 0 Å². The van der Waals surface area contributed by atoms with Crippen molar-refractivity contribution in [1.29, 1.82) is 0 Å². The summed E-state index contributed by atoms with van der Waals surface area (Å²) in [7, 11) is 0. The van der Waals surface area contributed by atoms with Gasteiger partial charge in [0.15, 0.2) is 0 Å². The van der Waals surface area contributed by atoms with Crippen molar-refractivity contribution in [2.45, 2.75) is 11.7 Å². The Hall–Kier alpha value is 1.01. The molecule has 0 fully saturated rings. The van der Waals surface area contributed by atoms with E-state index in [1.165, 1.54) is 33.3 Å². The molecular formula is C3H8AlBr. The molecule has 0 saturated heterocycles. The fourth-order valence-electron chi connectivity index (χ4n) is 0.134. The second-order valence-electron chi connectivity index (χ2n) is 1.04. The summed E-state index contributed by atoms with van der Waals surface area (Å²) in [4.78, 5) is 0. The van der Waals surface area contributed by atoms with Crippen LogP contribution in [0, 0.1) is 0 Å². The first kappa shape index (κ1) is 6.01. The largest absolute Gasteiger partial charge is 0.211 e. The minimum absolute atomic E-state index is 1.19. The van der Waals surface area contributed by atoms with Gasteiger partial charge in [-0.15, -0.1) is 5.28 Å². The van der Waals surface area contributed by atoms with E-state index >= 15 is 0 Å². The highest BCUT2D eigenvalue weighted by Crippen LogP contribution is 1.88. The first-order valence-corrected chi connectivity index (χ1v) is 4.51. The lowest BCUT2D eigenvalue weighted by atomic mass is 10.6.